The summed E-state index contributed by atoms with van der Waals surface area (Å²) in [6.45, 7) is 1.79. The number of nitrogens with one attached hydrogen (secondary N) is 4. The maximum Gasteiger partial charge on any atom is 0.227 e. The van der Waals surface area contributed by atoms with E-state index in [9.17, 15) is 9.59 Å². The summed E-state index contributed by atoms with van der Waals surface area (Å²) in [5.74, 6) is 0.906. The number of aromatic nitrogens is 2. The van der Waals surface area contributed by atoms with Crippen LogP contribution in [0.25, 0.3) is 22.4 Å². The third-order valence-electron chi connectivity index (χ3n) is 4.84. The Hall–Kier alpha value is -3.19. The molecule has 7 nitrogen and oxygen atoms in total. The molecule has 0 unspecified atom stereocenters. The number of hydrogen-bond donors (Lipinski definition) is 4. The lowest BCUT2D eigenvalue weighted by atomic mass is 9.97. The average molecular weight is 363 g/mol. The zero-order chi connectivity index (χ0) is 18.6. The lowest BCUT2D eigenvalue weighted by Gasteiger charge is -2.21. The zero-order valence-electron chi connectivity index (χ0n) is 14.8. The molecule has 3 aromatic rings. The highest BCUT2D eigenvalue weighted by Gasteiger charge is 2.20. The summed E-state index contributed by atoms with van der Waals surface area (Å²) in [6.07, 6.45) is 2.41. The fourth-order valence-electron chi connectivity index (χ4n) is 3.34. The monoisotopic (exact) mass is 363 g/mol. The number of rotatable bonds is 5. The summed E-state index contributed by atoms with van der Waals surface area (Å²) in [6, 6.07) is 13.1. The molecule has 0 aliphatic carbocycles. The molecule has 0 radical (unpaired) electrons. The molecule has 0 spiro atoms. The van der Waals surface area contributed by atoms with Crippen LogP contribution in [0.15, 0.2) is 42.5 Å². The summed E-state index contributed by atoms with van der Waals surface area (Å²) < 4.78 is 0. The number of imidazole rings is 1. The second-order valence-electron chi connectivity index (χ2n) is 6.67. The Morgan fingerprint density at radius 1 is 1.07 bits per heavy atom. The first-order chi connectivity index (χ1) is 13.2. The molecule has 0 saturated carbocycles. The van der Waals surface area contributed by atoms with E-state index in [-0.39, 0.29) is 11.8 Å². The SMILES string of the molecule is O=CNc1ccc2nc(-c3ccc(NC(=O)C4CCNCC4)cc3)[nH]c2c1. The lowest BCUT2D eigenvalue weighted by molar-refractivity contribution is -0.120. The van der Waals surface area contributed by atoms with Crippen molar-refractivity contribution in [3.63, 3.8) is 0 Å². The van der Waals surface area contributed by atoms with E-state index in [0.717, 1.165) is 54.0 Å². The molecule has 138 valence electrons. The van der Waals surface area contributed by atoms with E-state index in [2.05, 4.69) is 25.9 Å². The van der Waals surface area contributed by atoms with E-state index in [1.54, 1.807) is 6.07 Å². The van der Waals surface area contributed by atoms with E-state index in [1.807, 2.05) is 36.4 Å². The highest BCUT2D eigenvalue weighted by Crippen LogP contribution is 2.24. The number of amides is 2. The van der Waals surface area contributed by atoms with Gasteiger partial charge in [-0.05, 0) is 68.4 Å². The first kappa shape index (κ1) is 17.2. The van der Waals surface area contributed by atoms with Crippen molar-refractivity contribution in [2.45, 2.75) is 12.8 Å². The second kappa shape index (κ2) is 7.59. The molecule has 7 heteroatoms. The Kier molecular flexibility index (Phi) is 4.84. The number of carbonyl (C=O) groups is 2. The van der Waals surface area contributed by atoms with Gasteiger partial charge >= 0.3 is 0 Å². The van der Waals surface area contributed by atoms with Crippen LogP contribution < -0.4 is 16.0 Å². The fourth-order valence-corrected chi connectivity index (χ4v) is 3.34. The molecule has 4 rings (SSSR count). The number of anilines is 2. The van der Waals surface area contributed by atoms with Crippen molar-refractivity contribution < 1.29 is 9.59 Å². The third-order valence-corrected chi connectivity index (χ3v) is 4.84. The minimum Gasteiger partial charge on any atom is -0.338 e. The van der Waals surface area contributed by atoms with E-state index in [1.165, 1.54) is 0 Å². The Morgan fingerprint density at radius 3 is 2.56 bits per heavy atom. The quantitative estimate of drug-likeness (QED) is 0.524. The van der Waals surface area contributed by atoms with Crippen molar-refractivity contribution in [2.75, 3.05) is 23.7 Å². The van der Waals surface area contributed by atoms with E-state index in [0.29, 0.717) is 12.1 Å². The summed E-state index contributed by atoms with van der Waals surface area (Å²) in [4.78, 5) is 30.8. The predicted octanol–water partition coefficient (Wildman–Crippen LogP) is 2.74. The molecule has 0 atom stereocenters. The molecule has 1 saturated heterocycles. The summed E-state index contributed by atoms with van der Waals surface area (Å²) in [7, 11) is 0. The number of carbonyl (C=O) groups excluding carboxylic acids is 2. The van der Waals surface area contributed by atoms with Crippen molar-refractivity contribution in [3.8, 4) is 11.4 Å². The van der Waals surface area contributed by atoms with Gasteiger partial charge in [-0.3, -0.25) is 9.59 Å². The maximum absolute atomic E-state index is 12.3. The Morgan fingerprint density at radius 2 is 1.81 bits per heavy atom. The minimum absolute atomic E-state index is 0.0791. The molecule has 2 aromatic carbocycles. The van der Waals surface area contributed by atoms with Gasteiger partial charge in [-0.25, -0.2) is 4.98 Å². The standard InChI is InChI=1S/C20H21N5O2/c26-12-22-16-5-6-17-18(11-16)25-19(24-17)13-1-3-15(4-2-13)23-20(27)14-7-9-21-10-8-14/h1-6,11-12,14,21H,7-10H2,(H,22,26)(H,23,27)(H,24,25). The van der Waals surface area contributed by atoms with Crippen LogP contribution in [0.2, 0.25) is 0 Å². The fraction of sp³-hybridized carbons (Fsp3) is 0.250. The topological polar surface area (TPSA) is 98.9 Å². The van der Waals surface area contributed by atoms with Crippen LogP contribution in [-0.4, -0.2) is 35.4 Å². The third kappa shape index (κ3) is 3.83. The van der Waals surface area contributed by atoms with Crippen LogP contribution in [0.3, 0.4) is 0 Å². The number of H-pyrrole nitrogens is 1. The van der Waals surface area contributed by atoms with Crippen LogP contribution in [0, 0.1) is 5.92 Å². The summed E-state index contributed by atoms with van der Waals surface area (Å²) >= 11 is 0. The molecular formula is C20H21N5O2. The minimum atomic E-state index is 0.0791. The second-order valence-corrected chi connectivity index (χ2v) is 6.67. The van der Waals surface area contributed by atoms with Gasteiger partial charge in [0, 0.05) is 22.9 Å². The van der Waals surface area contributed by atoms with Gasteiger partial charge in [0.15, 0.2) is 0 Å². The molecule has 27 heavy (non-hydrogen) atoms. The van der Waals surface area contributed by atoms with Gasteiger partial charge in [0.1, 0.15) is 5.82 Å². The van der Waals surface area contributed by atoms with Crippen LogP contribution in [-0.2, 0) is 9.59 Å². The van der Waals surface area contributed by atoms with Crippen molar-refractivity contribution in [2.24, 2.45) is 5.92 Å². The van der Waals surface area contributed by atoms with E-state index >= 15 is 0 Å². The maximum atomic E-state index is 12.3. The van der Waals surface area contributed by atoms with Gasteiger partial charge in [-0.15, -0.1) is 0 Å². The lowest BCUT2D eigenvalue weighted by Crippen LogP contribution is -2.34. The van der Waals surface area contributed by atoms with Crippen molar-refractivity contribution in [1.82, 2.24) is 15.3 Å². The first-order valence-corrected chi connectivity index (χ1v) is 9.05. The first-order valence-electron chi connectivity index (χ1n) is 9.05. The number of nitrogens with zero attached hydrogens (tertiary/aromatic N) is 1. The molecule has 1 aliphatic heterocycles. The highest BCUT2D eigenvalue weighted by atomic mass is 16.2. The van der Waals surface area contributed by atoms with Gasteiger partial charge in [-0.2, -0.15) is 0 Å². The van der Waals surface area contributed by atoms with Crippen molar-refractivity contribution in [3.05, 3.63) is 42.5 Å². The smallest absolute Gasteiger partial charge is 0.227 e. The van der Waals surface area contributed by atoms with Crippen LogP contribution in [0.1, 0.15) is 12.8 Å². The average Bonchev–Trinajstić information content (AvgIpc) is 3.13. The number of piperidine rings is 1. The van der Waals surface area contributed by atoms with Crippen LogP contribution in [0.4, 0.5) is 11.4 Å². The molecular weight excluding hydrogens is 342 g/mol. The van der Waals surface area contributed by atoms with Crippen LogP contribution in [0.5, 0.6) is 0 Å². The normalized spacial score (nSPS) is 14.8. The molecule has 2 heterocycles. The van der Waals surface area contributed by atoms with Gasteiger partial charge < -0.3 is 20.9 Å². The number of aromatic amines is 1. The number of fused-ring (bicyclic) bond motifs is 1. The molecule has 4 N–H and O–H groups in total. The van der Waals surface area contributed by atoms with Crippen molar-refractivity contribution in [1.29, 1.82) is 0 Å². The van der Waals surface area contributed by atoms with Crippen LogP contribution >= 0.6 is 0 Å². The van der Waals surface area contributed by atoms with Gasteiger partial charge in [0.2, 0.25) is 12.3 Å². The molecule has 0 bridgehead atoms. The molecule has 1 fully saturated rings. The number of hydrogen-bond acceptors (Lipinski definition) is 4. The largest absolute Gasteiger partial charge is 0.338 e. The van der Waals surface area contributed by atoms with Gasteiger partial charge in [0.25, 0.3) is 0 Å². The number of benzene rings is 2. The zero-order valence-corrected chi connectivity index (χ0v) is 14.8. The highest BCUT2D eigenvalue weighted by molar-refractivity contribution is 5.93. The van der Waals surface area contributed by atoms with Gasteiger partial charge in [-0.1, -0.05) is 0 Å². The Labute approximate surface area is 156 Å². The van der Waals surface area contributed by atoms with Gasteiger partial charge in [0.05, 0.1) is 11.0 Å². The molecule has 1 aromatic heterocycles. The summed E-state index contributed by atoms with van der Waals surface area (Å²) in [5.41, 5.74) is 4.10. The Bertz CT molecular complexity index is 958. The Balaban J connectivity index is 1.49. The molecule has 2 amide bonds. The molecule has 1 aliphatic rings. The van der Waals surface area contributed by atoms with E-state index in [4.69, 9.17) is 0 Å². The van der Waals surface area contributed by atoms with Crippen molar-refractivity contribution >= 4 is 34.7 Å². The van der Waals surface area contributed by atoms with E-state index < -0.39 is 0 Å². The summed E-state index contributed by atoms with van der Waals surface area (Å²) in [5, 5.41) is 8.90. The predicted molar refractivity (Wildman–Crippen MR) is 105 cm³/mol.